The van der Waals surface area contributed by atoms with Crippen LogP contribution < -0.4 is 0 Å². The summed E-state index contributed by atoms with van der Waals surface area (Å²) in [7, 11) is -2.11. The monoisotopic (exact) mass is 242 g/mol. The smallest absolute Gasteiger partial charge is 0.321 e. The van der Waals surface area contributed by atoms with Crippen LogP contribution in [0.4, 0.5) is 0 Å². The molecule has 0 aromatic heterocycles. The zero-order chi connectivity index (χ0) is 9.12. The molecule has 0 saturated heterocycles. The second-order valence-corrected chi connectivity index (χ2v) is 11.5. The van der Waals surface area contributed by atoms with Gasteiger partial charge in [-0.25, -0.2) is 0 Å². The number of hydrogen-bond donors (Lipinski definition) is 1. The summed E-state index contributed by atoms with van der Waals surface area (Å²) in [6, 6.07) is 0. The van der Waals surface area contributed by atoms with Crippen molar-refractivity contribution in [2.45, 2.75) is 48.5 Å². The first-order chi connectivity index (χ1) is 4.83. The minimum atomic E-state index is -1.93. The fraction of sp³-hybridized carbons (Fsp3) is 1.00. The molecular weight excluding hydrogens is 212 g/mol. The van der Waals surface area contributed by atoms with Crippen LogP contribution in [0.2, 0.25) is 26.2 Å². The van der Waals surface area contributed by atoms with Gasteiger partial charge in [0.05, 0.1) is 6.23 Å². The standard InChI is InChI=1S/C6H18O3Si2.3CH4/c1-8-11(4,5)9-10(2,3)6-7;;;/h7H,6H2,1-5H3;3*1H4. The summed E-state index contributed by atoms with van der Waals surface area (Å²) in [4.78, 5) is 0. The predicted molar refractivity (Wildman–Crippen MR) is 70.3 cm³/mol. The zero-order valence-electron chi connectivity index (χ0n) is 7.97. The molecule has 0 aliphatic carbocycles. The molecule has 92 valence electrons. The molecule has 0 unspecified atom stereocenters. The normalized spacial score (nSPS) is 10.7. The van der Waals surface area contributed by atoms with Gasteiger partial charge in [0, 0.05) is 7.11 Å². The first-order valence-electron chi connectivity index (χ1n) is 3.69. The molecule has 0 spiro atoms. The van der Waals surface area contributed by atoms with Gasteiger partial charge in [-0.15, -0.1) is 0 Å². The van der Waals surface area contributed by atoms with Crippen molar-refractivity contribution in [2.75, 3.05) is 13.3 Å². The van der Waals surface area contributed by atoms with E-state index in [0.29, 0.717) is 0 Å². The van der Waals surface area contributed by atoms with Crippen LogP contribution in [0.15, 0.2) is 0 Å². The Morgan fingerprint density at radius 3 is 1.57 bits per heavy atom. The van der Waals surface area contributed by atoms with Crippen molar-refractivity contribution in [1.29, 1.82) is 0 Å². The number of aliphatic hydroxyl groups excluding tert-OH is 1. The molecule has 1 N–H and O–H groups in total. The number of hydrogen-bond acceptors (Lipinski definition) is 3. The van der Waals surface area contributed by atoms with Gasteiger partial charge >= 0.3 is 8.56 Å². The molecule has 0 amide bonds. The van der Waals surface area contributed by atoms with Crippen molar-refractivity contribution in [3.63, 3.8) is 0 Å². The van der Waals surface area contributed by atoms with Gasteiger partial charge in [0.25, 0.3) is 0 Å². The van der Waals surface area contributed by atoms with E-state index in [-0.39, 0.29) is 28.5 Å². The maximum atomic E-state index is 8.96. The van der Waals surface area contributed by atoms with E-state index in [9.17, 15) is 0 Å². The third kappa shape index (κ3) is 10.4. The van der Waals surface area contributed by atoms with Crippen LogP contribution in [0.1, 0.15) is 22.3 Å². The minimum absolute atomic E-state index is 0. The van der Waals surface area contributed by atoms with Crippen LogP contribution >= 0.6 is 0 Å². The Morgan fingerprint density at radius 2 is 1.36 bits per heavy atom. The summed E-state index contributed by atoms with van der Waals surface area (Å²) in [5, 5.41) is 8.96. The Balaban J connectivity index is -0.000000167. The van der Waals surface area contributed by atoms with Gasteiger partial charge in [-0.2, -0.15) is 0 Å². The zero-order valence-corrected chi connectivity index (χ0v) is 9.97. The topological polar surface area (TPSA) is 38.7 Å². The van der Waals surface area contributed by atoms with Crippen LogP contribution in [-0.4, -0.2) is 35.3 Å². The molecular formula is C9H30O3Si2. The molecule has 0 aliphatic heterocycles. The van der Waals surface area contributed by atoms with E-state index in [1.807, 2.05) is 26.2 Å². The lowest BCUT2D eigenvalue weighted by atomic mass is 11.7. The maximum Gasteiger partial charge on any atom is 0.321 e. The second-order valence-electron chi connectivity index (χ2n) is 3.62. The number of aliphatic hydroxyl groups is 1. The molecule has 0 aliphatic rings. The largest absolute Gasteiger partial charge is 0.434 e. The third-order valence-corrected chi connectivity index (χ3v) is 7.32. The highest BCUT2D eigenvalue weighted by Gasteiger charge is 2.33. The van der Waals surface area contributed by atoms with Crippen LogP contribution in [0.3, 0.4) is 0 Å². The Hall–Kier alpha value is 0.314. The van der Waals surface area contributed by atoms with Crippen molar-refractivity contribution in [1.82, 2.24) is 0 Å². The average Bonchev–Trinajstić information content (AvgIpc) is 1.86. The maximum absolute atomic E-state index is 8.96. The van der Waals surface area contributed by atoms with Crippen LogP contribution in [-0.2, 0) is 8.54 Å². The Kier molecular flexibility index (Phi) is 14.7. The average molecular weight is 243 g/mol. The summed E-state index contributed by atoms with van der Waals surface area (Å²) in [5.74, 6) is 0. The Labute approximate surface area is 92.8 Å². The lowest BCUT2D eigenvalue weighted by Crippen LogP contribution is -2.48. The third-order valence-electron chi connectivity index (χ3n) is 1.39. The summed E-state index contributed by atoms with van der Waals surface area (Å²) >= 11 is 0. The lowest BCUT2D eigenvalue weighted by molar-refractivity contribution is 0.284. The summed E-state index contributed by atoms with van der Waals surface area (Å²) in [6.45, 7) is 7.94. The van der Waals surface area contributed by atoms with Crippen molar-refractivity contribution in [3.05, 3.63) is 0 Å². The van der Waals surface area contributed by atoms with Crippen molar-refractivity contribution < 1.29 is 13.6 Å². The van der Waals surface area contributed by atoms with E-state index in [0.717, 1.165) is 0 Å². The van der Waals surface area contributed by atoms with E-state index >= 15 is 0 Å². The molecule has 3 nitrogen and oxygen atoms in total. The first kappa shape index (κ1) is 23.9. The highest BCUT2D eigenvalue weighted by atomic mass is 28.4. The molecule has 5 heteroatoms. The molecule has 0 atom stereocenters. The molecule has 0 bridgehead atoms. The van der Waals surface area contributed by atoms with Gasteiger partial charge in [-0.1, -0.05) is 22.3 Å². The highest BCUT2D eigenvalue weighted by Crippen LogP contribution is 2.13. The Morgan fingerprint density at radius 1 is 1.00 bits per heavy atom. The molecule has 0 heterocycles. The lowest BCUT2D eigenvalue weighted by Gasteiger charge is -2.30. The Bertz CT molecular complexity index is 113. The molecule has 0 rings (SSSR count). The quantitative estimate of drug-likeness (QED) is 0.770. The van der Waals surface area contributed by atoms with Crippen molar-refractivity contribution in [3.8, 4) is 0 Å². The van der Waals surface area contributed by atoms with E-state index in [2.05, 4.69) is 0 Å². The first-order valence-corrected chi connectivity index (χ1v) is 9.62. The molecule has 0 fully saturated rings. The summed E-state index contributed by atoms with van der Waals surface area (Å²) in [5.41, 5.74) is 0. The molecule has 0 radical (unpaired) electrons. The van der Waals surface area contributed by atoms with Crippen molar-refractivity contribution in [2.24, 2.45) is 0 Å². The van der Waals surface area contributed by atoms with E-state index in [1.165, 1.54) is 0 Å². The fourth-order valence-corrected chi connectivity index (χ4v) is 6.65. The summed E-state index contributed by atoms with van der Waals surface area (Å²) < 4.78 is 10.9. The van der Waals surface area contributed by atoms with E-state index in [1.54, 1.807) is 7.11 Å². The van der Waals surface area contributed by atoms with E-state index < -0.39 is 16.9 Å². The van der Waals surface area contributed by atoms with Crippen LogP contribution in [0.5, 0.6) is 0 Å². The fourth-order valence-electron chi connectivity index (χ4n) is 0.739. The molecule has 14 heavy (non-hydrogen) atoms. The number of rotatable bonds is 4. The molecule has 0 saturated carbocycles. The SMILES string of the molecule is C.C.C.CO[Si](C)(C)O[Si](C)(C)CO. The van der Waals surface area contributed by atoms with Gasteiger partial charge < -0.3 is 13.6 Å². The summed E-state index contributed by atoms with van der Waals surface area (Å²) in [6.07, 6.45) is 0.160. The predicted octanol–water partition coefficient (Wildman–Crippen LogP) is 3.00. The molecule has 0 aromatic carbocycles. The van der Waals surface area contributed by atoms with E-state index in [4.69, 9.17) is 13.6 Å². The van der Waals surface area contributed by atoms with Gasteiger partial charge in [0.2, 0.25) is 8.32 Å². The van der Waals surface area contributed by atoms with Crippen LogP contribution in [0, 0.1) is 0 Å². The second kappa shape index (κ2) is 8.61. The minimum Gasteiger partial charge on any atom is -0.434 e. The van der Waals surface area contributed by atoms with Crippen LogP contribution in [0.25, 0.3) is 0 Å². The molecule has 0 aromatic rings. The van der Waals surface area contributed by atoms with Gasteiger partial charge in [0.15, 0.2) is 0 Å². The van der Waals surface area contributed by atoms with Gasteiger partial charge in [-0.3, -0.25) is 0 Å². The van der Waals surface area contributed by atoms with Gasteiger partial charge in [-0.05, 0) is 26.2 Å². The highest BCUT2D eigenvalue weighted by molar-refractivity contribution is 6.82. The van der Waals surface area contributed by atoms with Gasteiger partial charge in [0.1, 0.15) is 0 Å². The van der Waals surface area contributed by atoms with Crippen molar-refractivity contribution >= 4 is 16.9 Å².